The fourth-order valence-corrected chi connectivity index (χ4v) is 18.7. The van der Waals surface area contributed by atoms with Gasteiger partial charge in [-0.2, -0.15) is 4.37 Å². The number of carbonyl (C=O) groups is 3. The second-order valence-corrected chi connectivity index (χ2v) is 34.3. The monoisotopic (exact) mass is 1620 g/mol. The number of benzene rings is 6. The van der Waals surface area contributed by atoms with Crippen molar-refractivity contribution in [2.24, 2.45) is 0 Å². The van der Waals surface area contributed by atoms with Crippen LogP contribution in [-0.4, -0.2) is 177 Å². The molecule has 3 fully saturated rings. The number of sulfonamides is 3. The number of aryl methyl sites for hydroxylation is 1. The van der Waals surface area contributed by atoms with Crippen molar-refractivity contribution in [1.29, 1.82) is 0 Å². The van der Waals surface area contributed by atoms with Crippen LogP contribution in [0.25, 0.3) is 21.8 Å². The summed E-state index contributed by atoms with van der Waals surface area (Å²) >= 11 is 14.5. The lowest BCUT2D eigenvalue weighted by Gasteiger charge is -2.41. The first-order valence-electron chi connectivity index (χ1n) is 35.3. The number of halogens is 2. The molecule has 9 heterocycles. The summed E-state index contributed by atoms with van der Waals surface area (Å²) in [6, 6.07) is 42.7. The Kier molecular flexibility index (Phi) is 23.9. The molecule has 4 N–H and O–H groups in total. The molecule has 0 saturated carbocycles. The van der Waals surface area contributed by atoms with Gasteiger partial charge in [-0.05, 0) is 197 Å². The van der Waals surface area contributed by atoms with Crippen LogP contribution in [0.5, 0.6) is 5.75 Å². The fourth-order valence-electron chi connectivity index (χ4n) is 13.9. The highest BCUT2D eigenvalue weighted by Crippen LogP contribution is 2.34. The van der Waals surface area contributed by atoms with Crippen molar-refractivity contribution in [2.45, 2.75) is 91.9 Å². The van der Waals surface area contributed by atoms with Crippen LogP contribution < -0.4 is 43.8 Å². The number of hydrogen-bond acceptors (Lipinski definition) is 21. The number of aromatic nitrogens is 7. The lowest BCUT2D eigenvalue weighted by molar-refractivity contribution is -0.135. The Hall–Kier alpha value is -10.1. The quantitative estimate of drug-likeness (QED) is 0.0551. The van der Waals surface area contributed by atoms with Crippen LogP contribution in [0.1, 0.15) is 57.3 Å². The number of amides is 3. The molecule has 0 bridgehead atoms. The van der Waals surface area contributed by atoms with E-state index in [2.05, 4.69) is 63.4 Å². The number of nitrogens with one attached hydrogen (secondary N) is 4. The van der Waals surface area contributed by atoms with E-state index in [-0.39, 0.29) is 79.8 Å². The van der Waals surface area contributed by atoms with E-state index in [0.717, 1.165) is 112 Å². The van der Waals surface area contributed by atoms with Gasteiger partial charge < -0.3 is 48.6 Å². The van der Waals surface area contributed by atoms with E-state index in [9.17, 15) is 39.6 Å². The number of hydrogen-bond donors (Lipinski definition) is 4. The minimum Gasteiger partial charge on any atom is -0.497 e. The van der Waals surface area contributed by atoms with Crippen molar-refractivity contribution in [3.05, 3.63) is 204 Å². The van der Waals surface area contributed by atoms with Crippen molar-refractivity contribution in [2.75, 3.05) is 106 Å². The summed E-state index contributed by atoms with van der Waals surface area (Å²) in [6.45, 7) is 13.0. The third kappa shape index (κ3) is 18.5. The number of piperazine rings is 2. The van der Waals surface area contributed by atoms with Gasteiger partial charge in [-0.3, -0.25) is 28.5 Å². The molecule has 0 radical (unpaired) electrons. The predicted octanol–water partition coefficient (Wildman–Crippen LogP) is 12.3. The number of fused-ring (bicyclic) bond motifs is 3. The largest absolute Gasteiger partial charge is 0.497 e. The highest BCUT2D eigenvalue weighted by molar-refractivity contribution is 7.93. The molecule has 27 nitrogen and oxygen atoms in total. The van der Waals surface area contributed by atoms with Gasteiger partial charge in [0.1, 0.15) is 42.9 Å². The molecule has 6 aromatic carbocycles. The van der Waals surface area contributed by atoms with Crippen LogP contribution in [-0.2, 0) is 57.4 Å². The zero-order chi connectivity index (χ0) is 76.6. The van der Waals surface area contributed by atoms with Gasteiger partial charge in [0.15, 0.2) is 5.13 Å². The normalized spacial score (nSPS) is 16.3. The van der Waals surface area contributed by atoms with Gasteiger partial charge in [0.25, 0.3) is 30.1 Å². The SMILES string of the molecule is CC1CN(c2ccc(S(=O)(=O)Nc3nccs3)cc2)CCN1C(=O)Cn1ccc2ccc(Cl)cc21.COc1ccc2c(ccn2C(C)C(=O)N2CCN(c3ccc(S(=O)(=O)Nc4ccncn4)cc3)CC2)c1.C[C@H](C(=O)NC1CCN(c2ccc(S(=O)(=O)Nc3ncns3)cc2)CC1)N1CCCc2cc(Cl)ccc21.[HH].[HH].[HH].[HH]. The van der Waals surface area contributed by atoms with Gasteiger partial charge in [-0.25, -0.2) is 45.2 Å². The molecule has 34 heteroatoms. The Balaban J connectivity index is 0.000000191. The van der Waals surface area contributed by atoms with E-state index in [1.54, 1.807) is 79.4 Å². The number of methoxy groups -OCH3 is 1. The molecule has 2 unspecified atom stereocenters. The second kappa shape index (κ2) is 33.8. The standard InChI is InChI=1S/C26H28N6O4S.C25H29ClN6O3S2.C24H24ClN5O3S2.4H2/c1-19(32-12-10-20-17-22(36-2)5-8-24(20)32)26(33)31-15-13-30(14-16-31)21-3-6-23(7-4-21)37(34,35)29-25-9-11-27-18-28-25;1-17(32-12-2-3-18-15-19(26)4-9-23(18)32)24(33)29-20-10-13-31(14-11-20)21-5-7-22(8-6-21)37(34,35)30-25-27-16-28-36-25;1-17-15-28(20-4-6-21(7-5-20)35(32,33)27-24-26-9-13-34-24)11-12-30(17)23(31)16-29-10-8-18-2-3-19(25)14-22(18)29;;;;/h3-12,17-19H,13-16H2,1-2H3,(H,27,28,29);4-9,15-17,20H,2-3,10-14H2,1H3,(H,29,33)(H,27,28,30);2-10,13-14,17H,11-12,15-16H2,1H3,(H,26,27);4*1H/t;17-;;;;;/m.1...../s1. The second-order valence-electron chi connectivity index (χ2n) is 26.7. The van der Waals surface area contributed by atoms with Crippen LogP contribution in [0.3, 0.4) is 0 Å². The summed E-state index contributed by atoms with van der Waals surface area (Å²) in [7, 11) is -9.51. The number of carbonyl (C=O) groups excluding carboxylic acids is 3. The third-order valence-corrected chi connectivity index (χ3v) is 25.8. The number of ether oxygens (including phenoxy) is 1. The maximum atomic E-state index is 13.3. The highest BCUT2D eigenvalue weighted by Gasteiger charge is 2.33. The average Bonchev–Trinajstić information content (AvgIpc) is 1.71. The van der Waals surface area contributed by atoms with Crippen molar-refractivity contribution in [3.8, 4) is 5.75 Å². The molecular weight excluding hydrogens is 1530 g/mol. The van der Waals surface area contributed by atoms with E-state index in [1.807, 2.05) is 131 Å². The van der Waals surface area contributed by atoms with Crippen molar-refractivity contribution in [1.82, 2.24) is 48.6 Å². The molecule has 4 aliphatic rings. The summed E-state index contributed by atoms with van der Waals surface area (Å²) in [6.07, 6.45) is 13.1. The van der Waals surface area contributed by atoms with Crippen LogP contribution in [0.2, 0.25) is 10.0 Å². The predicted molar refractivity (Wildman–Crippen MR) is 437 cm³/mol. The van der Waals surface area contributed by atoms with Crippen LogP contribution in [0.15, 0.2) is 203 Å². The summed E-state index contributed by atoms with van der Waals surface area (Å²) in [4.78, 5) is 68.1. The number of piperidine rings is 1. The highest BCUT2D eigenvalue weighted by atomic mass is 35.5. The summed E-state index contributed by atoms with van der Waals surface area (Å²) in [5.74, 6) is 1.17. The molecule has 0 spiro atoms. The molecular formula is C75H89Cl2N17O10S5. The maximum absolute atomic E-state index is 13.3. The minimum atomic E-state index is -3.75. The summed E-state index contributed by atoms with van der Waals surface area (Å²) < 4.78 is 95.9. The molecule has 11 aromatic rings. The molecule has 109 heavy (non-hydrogen) atoms. The fraction of sp³-hybridized carbons (Fsp3) is 0.307. The Labute approximate surface area is 656 Å². The van der Waals surface area contributed by atoms with Crippen LogP contribution >= 0.6 is 46.1 Å². The van der Waals surface area contributed by atoms with Crippen LogP contribution in [0.4, 0.5) is 38.8 Å². The molecule has 3 amide bonds. The minimum absolute atomic E-state index is 0. The zero-order valence-corrected chi connectivity index (χ0v) is 65.6. The molecule has 15 rings (SSSR count). The first kappa shape index (κ1) is 77.1. The average molecular weight is 1620 g/mol. The topological polar surface area (TPSA) is 305 Å². The lowest BCUT2D eigenvalue weighted by Crippen LogP contribution is -2.54. The van der Waals surface area contributed by atoms with Gasteiger partial charge in [0.05, 0.1) is 21.8 Å². The summed E-state index contributed by atoms with van der Waals surface area (Å²) in [5, 5.41) is 8.97. The summed E-state index contributed by atoms with van der Waals surface area (Å²) in [5.41, 5.74) is 7.01. The molecule has 3 saturated heterocycles. The smallest absolute Gasteiger partial charge is 0.263 e. The van der Waals surface area contributed by atoms with Crippen molar-refractivity contribution in [3.63, 3.8) is 0 Å². The molecule has 578 valence electrons. The van der Waals surface area contributed by atoms with Gasteiger partial charge in [-0.1, -0.05) is 29.3 Å². The lowest BCUT2D eigenvalue weighted by atomic mass is 9.99. The Morgan fingerprint density at radius 2 is 1.23 bits per heavy atom. The number of rotatable bonds is 20. The molecule has 4 aliphatic heterocycles. The number of thiazole rings is 1. The number of anilines is 7. The Morgan fingerprint density at radius 1 is 0.606 bits per heavy atom. The van der Waals surface area contributed by atoms with E-state index >= 15 is 0 Å². The van der Waals surface area contributed by atoms with Gasteiger partial charge in [0, 0.05) is 174 Å². The van der Waals surface area contributed by atoms with Gasteiger partial charge in [-0.15, -0.1) is 11.3 Å². The first-order chi connectivity index (χ1) is 52.4. The van der Waals surface area contributed by atoms with Gasteiger partial charge in [0.2, 0.25) is 22.9 Å². The first-order valence-corrected chi connectivity index (χ1v) is 42.2. The maximum Gasteiger partial charge on any atom is 0.263 e. The van der Waals surface area contributed by atoms with Crippen molar-refractivity contribution < 1.29 is 50.1 Å². The Morgan fingerprint density at radius 3 is 1.85 bits per heavy atom. The molecule has 5 aromatic heterocycles. The van der Waals surface area contributed by atoms with E-state index < -0.39 is 30.1 Å². The third-order valence-electron chi connectivity index (χ3n) is 19.8. The Bertz CT molecular complexity index is 5370. The zero-order valence-electron chi connectivity index (χ0n) is 60.0. The van der Waals surface area contributed by atoms with Crippen LogP contribution in [0, 0.1) is 0 Å². The van der Waals surface area contributed by atoms with E-state index in [1.165, 1.54) is 41.8 Å². The van der Waals surface area contributed by atoms with Crippen molar-refractivity contribution >= 4 is 154 Å². The van der Waals surface area contributed by atoms with Gasteiger partial charge >= 0.3 is 0 Å². The van der Waals surface area contributed by atoms with E-state index in [4.69, 9.17) is 27.9 Å². The molecule has 0 aliphatic carbocycles. The number of nitrogens with zero attached hydrogens (tertiary/aromatic N) is 13. The van der Waals surface area contributed by atoms with E-state index in [0.29, 0.717) is 56.0 Å². The molecule has 3 atom stereocenters.